The van der Waals surface area contributed by atoms with Gasteiger partial charge in [-0.05, 0) is 68.0 Å². The van der Waals surface area contributed by atoms with Crippen LogP contribution in [0.5, 0.6) is 0 Å². The molecule has 0 amide bonds. The van der Waals surface area contributed by atoms with Crippen LogP contribution in [0.4, 0.5) is 0 Å². The number of aliphatic hydroxyl groups is 1. The van der Waals surface area contributed by atoms with Crippen molar-refractivity contribution in [2.45, 2.75) is 57.1 Å². The van der Waals surface area contributed by atoms with Crippen LogP contribution in [0.2, 0.25) is 0 Å². The van der Waals surface area contributed by atoms with Gasteiger partial charge in [0.05, 0.1) is 6.10 Å². The van der Waals surface area contributed by atoms with Crippen LogP contribution in [0.3, 0.4) is 0 Å². The van der Waals surface area contributed by atoms with Crippen LogP contribution in [0.1, 0.15) is 55.6 Å². The number of rotatable bonds is 5. The molecule has 2 N–H and O–H groups in total. The normalized spacial score (nSPS) is 27.4. The minimum Gasteiger partial charge on any atom is -0.393 e. The lowest BCUT2D eigenvalue weighted by atomic mass is 9.87. The van der Waals surface area contributed by atoms with Crippen molar-refractivity contribution in [3.8, 4) is 0 Å². The van der Waals surface area contributed by atoms with Crippen molar-refractivity contribution in [3.63, 3.8) is 0 Å². The molecule has 2 heteroatoms. The minimum atomic E-state index is -0.0359. The third-order valence-electron chi connectivity index (χ3n) is 4.61. The van der Waals surface area contributed by atoms with Gasteiger partial charge in [-0.2, -0.15) is 0 Å². The summed E-state index contributed by atoms with van der Waals surface area (Å²) in [5.41, 5.74) is 2.91. The van der Waals surface area contributed by atoms with Gasteiger partial charge in [0.1, 0.15) is 0 Å². The van der Waals surface area contributed by atoms with Crippen LogP contribution in [-0.2, 0) is 6.54 Å². The zero-order chi connectivity index (χ0) is 13.1. The Morgan fingerprint density at radius 3 is 2.26 bits per heavy atom. The van der Waals surface area contributed by atoms with Crippen LogP contribution in [0.15, 0.2) is 24.3 Å². The SMILES string of the molecule is OC1CCC(CNCc2ccc(C3CC3)cc2)CC1. The third-order valence-corrected chi connectivity index (χ3v) is 4.61. The highest BCUT2D eigenvalue weighted by molar-refractivity contribution is 5.27. The van der Waals surface area contributed by atoms with Crippen molar-refractivity contribution >= 4 is 0 Å². The van der Waals surface area contributed by atoms with E-state index in [2.05, 4.69) is 29.6 Å². The zero-order valence-electron chi connectivity index (χ0n) is 11.6. The summed E-state index contributed by atoms with van der Waals surface area (Å²) in [7, 11) is 0. The van der Waals surface area contributed by atoms with Gasteiger partial charge in [0.2, 0.25) is 0 Å². The number of nitrogens with one attached hydrogen (secondary N) is 1. The number of hydrogen-bond donors (Lipinski definition) is 2. The Morgan fingerprint density at radius 1 is 0.947 bits per heavy atom. The lowest BCUT2D eigenvalue weighted by molar-refractivity contribution is 0.108. The summed E-state index contributed by atoms with van der Waals surface area (Å²) in [6.07, 6.45) is 7.05. The Balaban J connectivity index is 1.39. The lowest BCUT2D eigenvalue weighted by Crippen LogP contribution is -2.27. The topological polar surface area (TPSA) is 32.3 Å². The van der Waals surface area contributed by atoms with Crippen LogP contribution in [-0.4, -0.2) is 17.8 Å². The van der Waals surface area contributed by atoms with E-state index in [-0.39, 0.29) is 6.10 Å². The van der Waals surface area contributed by atoms with Crippen molar-refractivity contribution in [1.29, 1.82) is 0 Å². The molecule has 2 fully saturated rings. The number of hydrogen-bond acceptors (Lipinski definition) is 2. The maximum absolute atomic E-state index is 9.49. The van der Waals surface area contributed by atoms with E-state index in [4.69, 9.17) is 0 Å². The van der Waals surface area contributed by atoms with E-state index in [0.29, 0.717) is 0 Å². The molecule has 0 aromatic heterocycles. The molecule has 104 valence electrons. The average molecular weight is 259 g/mol. The zero-order valence-corrected chi connectivity index (χ0v) is 11.6. The molecule has 2 nitrogen and oxygen atoms in total. The molecule has 0 radical (unpaired) electrons. The van der Waals surface area contributed by atoms with Gasteiger partial charge in [0.15, 0.2) is 0 Å². The van der Waals surface area contributed by atoms with E-state index in [9.17, 15) is 5.11 Å². The maximum Gasteiger partial charge on any atom is 0.0540 e. The number of aliphatic hydroxyl groups excluding tert-OH is 1. The summed E-state index contributed by atoms with van der Waals surface area (Å²) in [4.78, 5) is 0. The van der Waals surface area contributed by atoms with Gasteiger partial charge in [-0.3, -0.25) is 0 Å². The van der Waals surface area contributed by atoms with Crippen molar-refractivity contribution < 1.29 is 5.11 Å². The van der Waals surface area contributed by atoms with Crippen molar-refractivity contribution in [2.24, 2.45) is 5.92 Å². The highest BCUT2D eigenvalue weighted by Crippen LogP contribution is 2.39. The fraction of sp³-hybridized carbons (Fsp3) is 0.647. The van der Waals surface area contributed by atoms with E-state index in [1.54, 1.807) is 0 Å². The van der Waals surface area contributed by atoms with Gasteiger partial charge in [-0.1, -0.05) is 24.3 Å². The van der Waals surface area contributed by atoms with E-state index in [0.717, 1.165) is 37.8 Å². The van der Waals surface area contributed by atoms with Crippen molar-refractivity contribution in [2.75, 3.05) is 6.54 Å². The Bertz CT molecular complexity index is 388. The first kappa shape index (κ1) is 13.1. The molecule has 0 unspecified atom stereocenters. The van der Waals surface area contributed by atoms with Gasteiger partial charge in [-0.25, -0.2) is 0 Å². The molecule has 2 aliphatic carbocycles. The minimum absolute atomic E-state index is 0.0359. The second-order valence-corrected chi connectivity index (χ2v) is 6.32. The second-order valence-electron chi connectivity index (χ2n) is 6.32. The molecule has 3 rings (SSSR count). The largest absolute Gasteiger partial charge is 0.393 e. The molecule has 1 aromatic carbocycles. The van der Waals surface area contributed by atoms with Gasteiger partial charge >= 0.3 is 0 Å². The Hall–Kier alpha value is -0.860. The molecule has 0 aliphatic heterocycles. The molecule has 1 aromatic rings. The highest BCUT2D eigenvalue weighted by Gasteiger charge is 2.23. The molecule has 0 bridgehead atoms. The second kappa shape index (κ2) is 6.06. The molecule has 0 saturated heterocycles. The first-order valence-electron chi connectivity index (χ1n) is 7.79. The van der Waals surface area contributed by atoms with Gasteiger partial charge in [0.25, 0.3) is 0 Å². The first-order chi connectivity index (χ1) is 9.31. The Morgan fingerprint density at radius 2 is 1.63 bits per heavy atom. The summed E-state index contributed by atoms with van der Waals surface area (Å²) >= 11 is 0. The fourth-order valence-corrected chi connectivity index (χ4v) is 3.09. The van der Waals surface area contributed by atoms with Crippen LogP contribution < -0.4 is 5.32 Å². The third kappa shape index (κ3) is 3.80. The van der Waals surface area contributed by atoms with Crippen molar-refractivity contribution in [1.82, 2.24) is 5.32 Å². The maximum atomic E-state index is 9.49. The van der Waals surface area contributed by atoms with Crippen LogP contribution >= 0.6 is 0 Å². The van der Waals surface area contributed by atoms with Gasteiger partial charge in [0, 0.05) is 6.54 Å². The highest BCUT2D eigenvalue weighted by atomic mass is 16.3. The Labute approximate surface area is 116 Å². The van der Waals surface area contributed by atoms with Crippen LogP contribution in [0.25, 0.3) is 0 Å². The fourth-order valence-electron chi connectivity index (χ4n) is 3.09. The molecule has 0 spiro atoms. The quantitative estimate of drug-likeness (QED) is 0.851. The molecular formula is C17H25NO. The molecule has 0 heterocycles. The van der Waals surface area contributed by atoms with E-state index in [1.807, 2.05) is 0 Å². The van der Waals surface area contributed by atoms with Gasteiger partial charge < -0.3 is 10.4 Å². The molecule has 19 heavy (non-hydrogen) atoms. The summed E-state index contributed by atoms with van der Waals surface area (Å²) < 4.78 is 0. The van der Waals surface area contributed by atoms with E-state index < -0.39 is 0 Å². The average Bonchev–Trinajstić information content (AvgIpc) is 3.26. The molecular weight excluding hydrogens is 234 g/mol. The first-order valence-corrected chi connectivity index (χ1v) is 7.79. The monoisotopic (exact) mass is 259 g/mol. The smallest absolute Gasteiger partial charge is 0.0540 e. The predicted octanol–water partition coefficient (Wildman–Crippen LogP) is 3.20. The van der Waals surface area contributed by atoms with Crippen molar-refractivity contribution in [3.05, 3.63) is 35.4 Å². The van der Waals surface area contributed by atoms with Crippen LogP contribution in [0, 0.1) is 5.92 Å². The summed E-state index contributed by atoms with van der Waals surface area (Å²) in [5.74, 6) is 1.62. The summed E-state index contributed by atoms with van der Waals surface area (Å²) in [6.45, 7) is 2.07. The predicted molar refractivity (Wildman–Crippen MR) is 78.1 cm³/mol. The molecule has 2 aliphatic rings. The standard InChI is InChI=1S/C17H25NO/c19-17-9-3-14(4-10-17)12-18-11-13-1-5-15(6-2-13)16-7-8-16/h1-2,5-6,14,16-19H,3-4,7-12H2. The lowest BCUT2D eigenvalue weighted by Gasteiger charge is -2.25. The summed E-state index contributed by atoms with van der Waals surface area (Å²) in [6, 6.07) is 9.13. The molecule has 2 saturated carbocycles. The Kier molecular flexibility index (Phi) is 4.19. The van der Waals surface area contributed by atoms with E-state index >= 15 is 0 Å². The van der Waals surface area contributed by atoms with E-state index in [1.165, 1.54) is 36.8 Å². The van der Waals surface area contributed by atoms with Gasteiger partial charge in [-0.15, -0.1) is 0 Å². The number of benzene rings is 1. The molecule has 0 atom stereocenters. The summed E-state index contributed by atoms with van der Waals surface area (Å²) in [5, 5.41) is 13.1.